The van der Waals surface area contributed by atoms with Crippen LogP contribution >= 0.6 is 0 Å². The van der Waals surface area contributed by atoms with Gasteiger partial charge in [-0.05, 0) is 0 Å². The van der Waals surface area contributed by atoms with Crippen molar-refractivity contribution in [1.82, 2.24) is 9.97 Å². The number of amides is 1. The van der Waals surface area contributed by atoms with Gasteiger partial charge in [0, 0.05) is 0 Å². The molecule has 15 heavy (non-hydrogen) atoms. The molecule has 0 aliphatic heterocycles. The maximum Gasteiger partial charge on any atom is 0.410 e. The number of aromatic nitrogens is 2. The number of ether oxygens (including phenoxy) is 1. The van der Waals surface area contributed by atoms with Crippen LogP contribution in [0.1, 0.15) is 5.82 Å². The fourth-order valence-electron chi connectivity index (χ4n) is 0.766. The molecular weight excluding hydrogens is 224 g/mol. The van der Waals surface area contributed by atoms with E-state index in [1.165, 1.54) is 0 Å². The molecule has 0 aliphatic rings. The molecule has 1 aromatic heterocycles. The third-order valence-corrected chi connectivity index (χ3v) is 1.89. The molecule has 0 atom stereocenters. The van der Waals surface area contributed by atoms with Crippen molar-refractivity contribution in [1.29, 1.82) is 0 Å². The van der Waals surface area contributed by atoms with E-state index in [1.807, 2.05) is 0 Å². The highest BCUT2D eigenvalue weighted by atomic mass is 32.2. The van der Waals surface area contributed by atoms with E-state index in [9.17, 15) is 13.2 Å². The van der Waals surface area contributed by atoms with Gasteiger partial charge in [-0.3, -0.25) is 0 Å². The van der Waals surface area contributed by atoms with Crippen LogP contribution in [-0.4, -0.2) is 24.5 Å². The average molecular weight is 232 g/mol. The van der Waals surface area contributed by atoms with Crippen LogP contribution in [-0.2, 0) is 15.8 Å². The molecule has 0 aromatic carbocycles. The first-order chi connectivity index (χ1) is 6.87. The Labute approximate surface area is 85.3 Å². The van der Waals surface area contributed by atoms with E-state index in [0.29, 0.717) is 0 Å². The van der Waals surface area contributed by atoms with Gasteiger partial charge < -0.3 is 10.5 Å². The Balaban J connectivity index is 2.77. The lowest BCUT2D eigenvalue weighted by molar-refractivity contribution is 0.210. The minimum atomic E-state index is -3.67. The predicted octanol–water partition coefficient (Wildman–Crippen LogP) is -1.28. The minimum absolute atomic E-state index is 0.00863. The first-order valence-electron chi connectivity index (χ1n) is 3.65. The Bertz CT molecular complexity index is 455. The molecular formula is C6H8N4O4S. The molecule has 1 rings (SSSR count). The van der Waals surface area contributed by atoms with Gasteiger partial charge in [0.05, 0.1) is 12.4 Å². The standard InChI is InChI=1S/C6H8N4O4S/c7-6(11)14-4-1-9-5(10-2-4)3-15(8,12)13/h1-2H,3H2,(H2,7,11)(H2,8,12,13). The van der Waals surface area contributed by atoms with Gasteiger partial charge in [-0.2, -0.15) is 0 Å². The molecule has 82 valence electrons. The Morgan fingerprint density at radius 3 is 2.33 bits per heavy atom. The molecule has 0 saturated heterocycles. The van der Waals surface area contributed by atoms with Crippen LogP contribution in [0, 0.1) is 0 Å². The number of carbonyl (C=O) groups is 1. The smallest absolute Gasteiger partial charge is 0.407 e. The molecule has 4 N–H and O–H groups in total. The molecule has 0 spiro atoms. The number of hydrogen-bond acceptors (Lipinski definition) is 6. The summed E-state index contributed by atoms with van der Waals surface area (Å²) in [4.78, 5) is 17.5. The molecule has 1 amide bonds. The number of sulfonamides is 1. The summed E-state index contributed by atoms with van der Waals surface area (Å²) in [6.07, 6.45) is 1.24. The summed E-state index contributed by atoms with van der Waals surface area (Å²) in [5.41, 5.74) is 4.73. The van der Waals surface area contributed by atoms with E-state index in [1.54, 1.807) is 0 Å². The summed E-state index contributed by atoms with van der Waals surface area (Å²) >= 11 is 0. The normalized spacial score (nSPS) is 11.0. The second-order valence-corrected chi connectivity index (χ2v) is 4.18. The number of primary sulfonamides is 1. The van der Waals surface area contributed by atoms with Crippen molar-refractivity contribution in [3.05, 3.63) is 18.2 Å². The third kappa shape index (κ3) is 4.33. The van der Waals surface area contributed by atoms with Crippen LogP contribution in [0.25, 0.3) is 0 Å². The minimum Gasteiger partial charge on any atom is -0.407 e. The highest BCUT2D eigenvalue weighted by molar-refractivity contribution is 7.88. The SMILES string of the molecule is NC(=O)Oc1cnc(CS(N)(=O)=O)nc1. The maximum atomic E-state index is 10.7. The summed E-state index contributed by atoms with van der Waals surface area (Å²) in [5.74, 6) is -0.445. The Hall–Kier alpha value is -1.74. The predicted molar refractivity (Wildman–Crippen MR) is 49.1 cm³/mol. The number of primary amides is 1. The summed E-state index contributed by atoms with van der Waals surface area (Å²) in [6.45, 7) is 0. The van der Waals surface area contributed by atoms with Gasteiger partial charge in [0.15, 0.2) is 5.75 Å². The average Bonchev–Trinajstić information content (AvgIpc) is 2.05. The van der Waals surface area contributed by atoms with Gasteiger partial charge in [-0.25, -0.2) is 28.3 Å². The molecule has 0 aliphatic carbocycles. The quantitative estimate of drug-likeness (QED) is 0.665. The molecule has 0 unspecified atom stereocenters. The highest BCUT2D eigenvalue weighted by Crippen LogP contribution is 2.06. The van der Waals surface area contributed by atoms with Crippen LogP contribution in [0.5, 0.6) is 5.75 Å². The van der Waals surface area contributed by atoms with Gasteiger partial charge in [-0.1, -0.05) is 0 Å². The van der Waals surface area contributed by atoms with E-state index in [0.717, 1.165) is 12.4 Å². The second kappa shape index (κ2) is 4.19. The van der Waals surface area contributed by atoms with Crippen molar-refractivity contribution in [3.63, 3.8) is 0 Å². The van der Waals surface area contributed by atoms with E-state index in [-0.39, 0.29) is 11.6 Å². The van der Waals surface area contributed by atoms with Crippen molar-refractivity contribution >= 4 is 16.1 Å². The molecule has 0 saturated carbocycles. The van der Waals surface area contributed by atoms with E-state index >= 15 is 0 Å². The molecule has 0 bridgehead atoms. The zero-order chi connectivity index (χ0) is 11.5. The van der Waals surface area contributed by atoms with Crippen molar-refractivity contribution < 1.29 is 17.9 Å². The number of nitrogens with zero attached hydrogens (tertiary/aromatic N) is 2. The van der Waals surface area contributed by atoms with Crippen molar-refractivity contribution in [3.8, 4) is 5.75 Å². The second-order valence-electron chi connectivity index (χ2n) is 2.56. The van der Waals surface area contributed by atoms with Crippen molar-refractivity contribution in [2.75, 3.05) is 0 Å². The summed E-state index contributed by atoms with van der Waals surface area (Å²) in [5, 5.41) is 4.77. The fraction of sp³-hybridized carbons (Fsp3) is 0.167. The number of hydrogen-bond donors (Lipinski definition) is 2. The maximum absolute atomic E-state index is 10.7. The van der Waals surface area contributed by atoms with Crippen LogP contribution in [0.4, 0.5) is 4.79 Å². The number of carbonyl (C=O) groups excluding carboxylic acids is 1. The molecule has 1 heterocycles. The summed E-state index contributed by atoms with van der Waals surface area (Å²) in [6, 6.07) is 0. The molecule has 0 fully saturated rings. The fourth-order valence-corrected chi connectivity index (χ4v) is 1.28. The zero-order valence-corrected chi connectivity index (χ0v) is 8.27. The Morgan fingerprint density at radius 1 is 1.40 bits per heavy atom. The summed E-state index contributed by atoms with van der Waals surface area (Å²) < 4.78 is 25.7. The zero-order valence-electron chi connectivity index (χ0n) is 7.45. The highest BCUT2D eigenvalue weighted by Gasteiger charge is 2.08. The lowest BCUT2D eigenvalue weighted by Crippen LogP contribution is -2.18. The van der Waals surface area contributed by atoms with Gasteiger partial charge in [0.2, 0.25) is 10.0 Å². The third-order valence-electron chi connectivity index (χ3n) is 1.23. The van der Waals surface area contributed by atoms with E-state index in [2.05, 4.69) is 14.7 Å². The molecule has 1 aromatic rings. The molecule has 8 nitrogen and oxygen atoms in total. The number of nitrogens with two attached hydrogens (primary N) is 2. The van der Waals surface area contributed by atoms with Crippen LogP contribution in [0.3, 0.4) is 0 Å². The van der Waals surface area contributed by atoms with E-state index < -0.39 is 21.9 Å². The number of rotatable bonds is 3. The van der Waals surface area contributed by atoms with Crippen molar-refractivity contribution in [2.24, 2.45) is 10.9 Å². The first kappa shape index (κ1) is 11.3. The summed E-state index contributed by atoms with van der Waals surface area (Å²) in [7, 11) is -3.67. The molecule has 0 radical (unpaired) electrons. The van der Waals surface area contributed by atoms with E-state index in [4.69, 9.17) is 10.9 Å². The Morgan fingerprint density at radius 2 is 1.93 bits per heavy atom. The van der Waals surface area contributed by atoms with Gasteiger partial charge >= 0.3 is 6.09 Å². The monoisotopic (exact) mass is 232 g/mol. The lowest BCUT2D eigenvalue weighted by atomic mass is 10.5. The van der Waals surface area contributed by atoms with Crippen LogP contribution < -0.4 is 15.6 Å². The van der Waals surface area contributed by atoms with Gasteiger partial charge in [0.1, 0.15) is 11.6 Å². The van der Waals surface area contributed by atoms with Crippen molar-refractivity contribution in [2.45, 2.75) is 5.75 Å². The van der Waals surface area contributed by atoms with Crippen LogP contribution in [0.15, 0.2) is 12.4 Å². The first-order valence-corrected chi connectivity index (χ1v) is 5.37. The van der Waals surface area contributed by atoms with Gasteiger partial charge in [-0.15, -0.1) is 0 Å². The van der Waals surface area contributed by atoms with Crippen LogP contribution in [0.2, 0.25) is 0 Å². The lowest BCUT2D eigenvalue weighted by Gasteiger charge is -2.00. The largest absolute Gasteiger partial charge is 0.410 e. The molecule has 9 heteroatoms. The van der Waals surface area contributed by atoms with Gasteiger partial charge in [0.25, 0.3) is 0 Å². The Kier molecular flexibility index (Phi) is 3.17. The topological polar surface area (TPSA) is 138 Å².